The summed E-state index contributed by atoms with van der Waals surface area (Å²) in [6.45, 7) is 6.11. The van der Waals surface area contributed by atoms with Crippen LogP contribution in [-0.4, -0.2) is 21.0 Å². The van der Waals surface area contributed by atoms with Crippen LogP contribution in [0, 0.1) is 18.3 Å². The highest BCUT2D eigenvalue weighted by atomic mass is 32.2. The Balaban J connectivity index is 4.15. The van der Waals surface area contributed by atoms with Gasteiger partial charge in [0.15, 0.2) is 0 Å². The summed E-state index contributed by atoms with van der Waals surface area (Å²) in [5, 5.41) is 0. The summed E-state index contributed by atoms with van der Waals surface area (Å²) < 4.78 is 27.5. The maximum Gasteiger partial charge on any atom is 0.278 e. The molecule has 0 saturated heterocycles. The molecule has 0 aliphatic rings. The van der Waals surface area contributed by atoms with E-state index < -0.39 is 16.3 Å². The Bertz CT molecular complexity index is 290. The molecule has 0 aromatic rings. The van der Waals surface area contributed by atoms with E-state index in [-0.39, 0.29) is 5.92 Å². The summed E-state index contributed by atoms with van der Waals surface area (Å²) in [5.74, 6) is 2.64. The van der Waals surface area contributed by atoms with Crippen molar-refractivity contribution in [3.05, 3.63) is 0 Å². The monoisotopic (exact) mass is 218 g/mol. The van der Waals surface area contributed by atoms with Crippen molar-refractivity contribution in [1.29, 1.82) is 0 Å². The van der Waals surface area contributed by atoms with Gasteiger partial charge in [-0.15, -0.1) is 6.42 Å². The van der Waals surface area contributed by atoms with Crippen molar-refractivity contribution in [2.24, 2.45) is 5.92 Å². The topological polar surface area (TPSA) is 58.2 Å². The lowest BCUT2D eigenvalue weighted by molar-refractivity contribution is 0.539. The molecule has 0 saturated carbocycles. The highest BCUT2D eigenvalue weighted by molar-refractivity contribution is 7.87. The lowest BCUT2D eigenvalue weighted by Gasteiger charge is -2.13. The van der Waals surface area contributed by atoms with Gasteiger partial charge in [-0.2, -0.15) is 13.1 Å². The first-order valence-electron chi connectivity index (χ1n) is 4.64. The molecule has 0 aliphatic heterocycles. The second-order valence-electron chi connectivity index (χ2n) is 3.49. The van der Waals surface area contributed by atoms with Gasteiger partial charge >= 0.3 is 0 Å². The molecule has 1 atom stereocenters. The van der Waals surface area contributed by atoms with Crippen LogP contribution in [0.3, 0.4) is 0 Å². The molecule has 0 bridgehead atoms. The Labute approximate surface area is 86.7 Å². The van der Waals surface area contributed by atoms with Gasteiger partial charge in [-0.1, -0.05) is 26.7 Å². The molecule has 2 N–H and O–H groups in total. The minimum absolute atomic E-state index is 0.275. The van der Waals surface area contributed by atoms with Crippen molar-refractivity contribution >= 4 is 10.2 Å². The number of rotatable bonds is 6. The third-order valence-electron chi connectivity index (χ3n) is 1.59. The van der Waals surface area contributed by atoms with E-state index in [1.165, 1.54) is 0 Å². The standard InChI is InChI=1S/C9H18N2O2S/c1-5-9(6-2)11-14(12,13)10-7-8(3)4/h1,8-11H,6-7H2,2-4H3. The van der Waals surface area contributed by atoms with Gasteiger partial charge in [-0.3, -0.25) is 0 Å². The van der Waals surface area contributed by atoms with Crippen LogP contribution in [0.4, 0.5) is 0 Å². The number of hydrogen-bond acceptors (Lipinski definition) is 2. The van der Waals surface area contributed by atoms with Gasteiger partial charge in [0.05, 0.1) is 6.04 Å². The molecule has 1 unspecified atom stereocenters. The zero-order valence-electron chi connectivity index (χ0n) is 8.87. The van der Waals surface area contributed by atoms with Crippen molar-refractivity contribution in [3.63, 3.8) is 0 Å². The van der Waals surface area contributed by atoms with Crippen molar-refractivity contribution in [2.75, 3.05) is 6.54 Å². The van der Waals surface area contributed by atoms with E-state index in [1.54, 1.807) is 0 Å². The second kappa shape index (κ2) is 6.02. The van der Waals surface area contributed by atoms with Crippen LogP contribution in [-0.2, 0) is 10.2 Å². The molecule has 0 radical (unpaired) electrons. The fourth-order valence-electron chi connectivity index (χ4n) is 0.741. The predicted molar refractivity (Wildman–Crippen MR) is 57.8 cm³/mol. The van der Waals surface area contributed by atoms with Gasteiger partial charge in [0.25, 0.3) is 10.2 Å². The first-order valence-corrected chi connectivity index (χ1v) is 6.12. The lowest BCUT2D eigenvalue weighted by atomic mass is 10.2. The predicted octanol–water partition coefficient (Wildman–Crippen LogP) is 0.478. The smallest absolute Gasteiger partial charge is 0.202 e. The van der Waals surface area contributed by atoms with Gasteiger partial charge in [0.2, 0.25) is 0 Å². The zero-order valence-corrected chi connectivity index (χ0v) is 9.69. The largest absolute Gasteiger partial charge is 0.278 e. The quantitative estimate of drug-likeness (QED) is 0.637. The Morgan fingerprint density at radius 1 is 1.43 bits per heavy atom. The summed E-state index contributed by atoms with van der Waals surface area (Å²) >= 11 is 0. The molecule has 14 heavy (non-hydrogen) atoms. The normalized spacial score (nSPS) is 13.9. The van der Waals surface area contributed by atoms with E-state index in [9.17, 15) is 8.42 Å². The maximum absolute atomic E-state index is 11.3. The summed E-state index contributed by atoms with van der Waals surface area (Å²) in [5.41, 5.74) is 0. The van der Waals surface area contributed by atoms with Crippen LogP contribution in [0.15, 0.2) is 0 Å². The SMILES string of the molecule is C#CC(CC)NS(=O)(=O)NCC(C)C. The van der Waals surface area contributed by atoms with E-state index >= 15 is 0 Å². The van der Waals surface area contributed by atoms with E-state index in [0.29, 0.717) is 13.0 Å². The van der Waals surface area contributed by atoms with Gasteiger partial charge < -0.3 is 0 Å². The van der Waals surface area contributed by atoms with Gasteiger partial charge in [-0.05, 0) is 12.3 Å². The highest BCUT2D eigenvalue weighted by Crippen LogP contribution is 1.93. The summed E-state index contributed by atoms with van der Waals surface area (Å²) in [6, 6.07) is -0.431. The Kier molecular flexibility index (Phi) is 5.77. The van der Waals surface area contributed by atoms with Crippen molar-refractivity contribution in [3.8, 4) is 12.3 Å². The van der Waals surface area contributed by atoms with Gasteiger partial charge in [-0.25, -0.2) is 4.72 Å². The Morgan fingerprint density at radius 3 is 2.36 bits per heavy atom. The fraction of sp³-hybridized carbons (Fsp3) is 0.778. The molecule has 82 valence electrons. The van der Waals surface area contributed by atoms with Crippen LogP contribution < -0.4 is 9.44 Å². The van der Waals surface area contributed by atoms with Gasteiger partial charge in [0.1, 0.15) is 0 Å². The first kappa shape index (κ1) is 13.4. The van der Waals surface area contributed by atoms with E-state index in [4.69, 9.17) is 6.42 Å². The van der Waals surface area contributed by atoms with E-state index in [2.05, 4.69) is 15.4 Å². The zero-order chi connectivity index (χ0) is 11.2. The molecule has 0 aromatic heterocycles. The highest BCUT2D eigenvalue weighted by Gasteiger charge is 2.13. The van der Waals surface area contributed by atoms with Crippen LogP contribution in [0.1, 0.15) is 27.2 Å². The molecule has 4 nitrogen and oxygen atoms in total. The average Bonchev–Trinajstić information content (AvgIpc) is 2.11. The molecular formula is C9H18N2O2S. The van der Waals surface area contributed by atoms with Crippen LogP contribution in [0.25, 0.3) is 0 Å². The number of terminal acetylenes is 1. The summed E-state index contributed by atoms with van der Waals surface area (Å²) in [4.78, 5) is 0. The molecule has 0 spiro atoms. The second-order valence-corrected chi connectivity index (χ2v) is 5.02. The molecule has 0 aliphatic carbocycles. The molecule has 0 rings (SSSR count). The summed E-state index contributed by atoms with van der Waals surface area (Å²) in [7, 11) is -3.44. The lowest BCUT2D eigenvalue weighted by Crippen LogP contribution is -2.43. The number of hydrogen-bond donors (Lipinski definition) is 2. The fourth-order valence-corrected chi connectivity index (χ4v) is 1.99. The third-order valence-corrected chi connectivity index (χ3v) is 2.73. The third kappa shape index (κ3) is 5.97. The molecule has 0 aromatic carbocycles. The van der Waals surface area contributed by atoms with Crippen LogP contribution >= 0.6 is 0 Å². The number of nitrogens with one attached hydrogen (secondary N) is 2. The maximum atomic E-state index is 11.3. The van der Waals surface area contributed by atoms with Gasteiger partial charge in [0, 0.05) is 6.54 Å². The van der Waals surface area contributed by atoms with Crippen molar-refractivity contribution in [2.45, 2.75) is 33.2 Å². The molecule has 0 amide bonds. The van der Waals surface area contributed by atoms with E-state index in [0.717, 1.165) is 0 Å². The minimum Gasteiger partial charge on any atom is -0.202 e. The van der Waals surface area contributed by atoms with Crippen molar-refractivity contribution in [1.82, 2.24) is 9.44 Å². The van der Waals surface area contributed by atoms with Crippen LogP contribution in [0.2, 0.25) is 0 Å². The van der Waals surface area contributed by atoms with Crippen molar-refractivity contribution < 1.29 is 8.42 Å². The van der Waals surface area contributed by atoms with E-state index in [1.807, 2.05) is 20.8 Å². The molecule has 0 fully saturated rings. The Morgan fingerprint density at radius 2 is 2.00 bits per heavy atom. The molecule has 5 heteroatoms. The molecule has 0 heterocycles. The summed E-state index contributed by atoms with van der Waals surface area (Å²) in [6.07, 6.45) is 5.72. The minimum atomic E-state index is -3.44. The average molecular weight is 218 g/mol. The first-order chi connectivity index (χ1) is 6.41. The van der Waals surface area contributed by atoms with Crippen LogP contribution in [0.5, 0.6) is 0 Å². The molecular weight excluding hydrogens is 200 g/mol. The Hall–Kier alpha value is -0.570.